The Balaban J connectivity index is 4.34. The summed E-state index contributed by atoms with van der Waals surface area (Å²) < 4.78 is 60.3. The van der Waals surface area contributed by atoms with Crippen molar-refractivity contribution in [3.8, 4) is 0 Å². The highest BCUT2D eigenvalue weighted by atomic mass is 32.2. The summed E-state index contributed by atoms with van der Waals surface area (Å²) in [6.45, 7) is 0.245. The first-order valence-electron chi connectivity index (χ1n) is 4.40. The Bertz CT molecular complexity index is 377. The van der Waals surface area contributed by atoms with Crippen LogP contribution in [0.4, 0.5) is 13.2 Å². The molecular weight excluding hydrogens is 265 g/mol. The van der Waals surface area contributed by atoms with Crippen molar-refractivity contribution < 1.29 is 31.5 Å². The van der Waals surface area contributed by atoms with Gasteiger partial charge in [0.15, 0.2) is 0 Å². The lowest BCUT2D eigenvalue weighted by Gasteiger charge is -2.19. The molecule has 10 heteroatoms. The average Bonchev–Trinajstić information content (AvgIpc) is 2.11. The van der Waals surface area contributed by atoms with E-state index >= 15 is 0 Å². The van der Waals surface area contributed by atoms with Crippen LogP contribution in [-0.4, -0.2) is 38.8 Å². The van der Waals surface area contributed by atoms with Gasteiger partial charge in [-0.1, -0.05) is 0 Å². The first-order valence-corrected chi connectivity index (χ1v) is 5.88. The van der Waals surface area contributed by atoms with Gasteiger partial charge < -0.3 is 5.11 Å². The second kappa shape index (κ2) is 5.19. The van der Waals surface area contributed by atoms with E-state index in [2.05, 4.69) is 0 Å². The molecule has 0 aliphatic carbocycles. The Labute approximate surface area is 96.4 Å². The van der Waals surface area contributed by atoms with Gasteiger partial charge in [0.25, 0.3) is 10.2 Å². The van der Waals surface area contributed by atoms with E-state index in [9.17, 15) is 26.4 Å². The quantitative estimate of drug-likeness (QED) is 0.641. The molecule has 0 bridgehead atoms. The number of carboxylic acids is 1. The molecule has 3 N–H and O–H groups in total. The minimum atomic E-state index is -4.67. The van der Waals surface area contributed by atoms with Crippen LogP contribution < -0.4 is 9.44 Å². The fourth-order valence-electron chi connectivity index (χ4n) is 0.579. The van der Waals surface area contributed by atoms with Gasteiger partial charge in [0.05, 0.1) is 5.41 Å². The standard InChI is InChI=1S/C7H13F3N2O4S/c1-6(2,5(13)14)3-11-17(15,16)12-4-7(8,9)10/h11-12H,3-4H2,1-2H3,(H,13,14). The Hall–Kier alpha value is -0.870. The van der Waals surface area contributed by atoms with Crippen molar-refractivity contribution in [3.63, 3.8) is 0 Å². The van der Waals surface area contributed by atoms with Crippen LogP contribution in [-0.2, 0) is 15.0 Å². The molecule has 0 aliphatic heterocycles. The molecule has 0 amide bonds. The van der Waals surface area contributed by atoms with Gasteiger partial charge in [-0.15, -0.1) is 0 Å². The molecule has 0 heterocycles. The van der Waals surface area contributed by atoms with Crippen LogP contribution in [0.25, 0.3) is 0 Å². The second-order valence-corrected chi connectivity index (χ2v) is 5.53. The van der Waals surface area contributed by atoms with E-state index in [4.69, 9.17) is 5.11 Å². The smallest absolute Gasteiger partial charge is 0.402 e. The summed E-state index contributed by atoms with van der Waals surface area (Å²) in [6.07, 6.45) is -4.67. The molecule has 0 aliphatic rings. The summed E-state index contributed by atoms with van der Waals surface area (Å²) in [5.41, 5.74) is -1.41. The summed E-state index contributed by atoms with van der Waals surface area (Å²) in [4.78, 5) is 10.6. The lowest BCUT2D eigenvalue weighted by molar-refractivity contribution is -0.146. The third-order valence-electron chi connectivity index (χ3n) is 1.75. The molecule has 6 nitrogen and oxygen atoms in total. The summed E-state index contributed by atoms with van der Waals surface area (Å²) in [7, 11) is -4.36. The monoisotopic (exact) mass is 278 g/mol. The molecule has 0 atom stereocenters. The number of hydrogen-bond acceptors (Lipinski definition) is 3. The van der Waals surface area contributed by atoms with Crippen molar-refractivity contribution in [2.24, 2.45) is 5.41 Å². The molecule has 0 aromatic heterocycles. The van der Waals surface area contributed by atoms with Crippen LogP contribution in [0.5, 0.6) is 0 Å². The van der Waals surface area contributed by atoms with Crippen LogP contribution in [0.2, 0.25) is 0 Å². The molecule has 0 radical (unpaired) electrons. The fourth-order valence-corrected chi connectivity index (χ4v) is 1.59. The SMILES string of the molecule is CC(C)(CNS(=O)(=O)NCC(F)(F)F)C(=O)O. The third-order valence-corrected chi connectivity index (χ3v) is 2.79. The van der Waals surface area contributed by atoms with Crippen molar-refractivity contribution in [2.45, 2.75) is 20.0 Å². The number of halogens is 3. The summed E-state index contributed by atoms with van der Waals surface area (Å²) in [5, 5.41) is 8.66. The van der Waals surface area contributed by atoms with Crippen LogP contribution >= 0.6 is 0 Å². The highest BCUT2D eigenvalue weighted by Gasteiger charge is 2.32. The van der Waals surface area contributed by atoms with Crippen molar-refractivity contribution in [2.75, 3.05) is 13.1 Å². The zero-order valence-electron chi connectivity index (χ0n) is 9.13. The number of carbonyl (C=O) groups is 1. The third kappa shape index (κ3) is 7.13. The molecule has 0 fully saturated rings. The molecule has 17 heavy (non-hydrogen) atoms. The topological polar surface area (TPSA) is 95.5 Å². The Morgan fingerprint density at radius 1 is 1.18 bits per heavy atom. The molecule has 0 aromatic rings. The van der Waals surface area contributed by atoms with Gasteiger partial charge in [0, 0.05) is 6.54 Å². The first kappa shape index (κ1) is 16.1. The number of alkyl halides is 3. The molecule has 0 aromatic carbocycles. The van der Waals surface area contributed by atoms with Crippen molar-refractivity contribution >= 4 is 16.2 Å². The summed E-state index contributed by atoms with van der Waals surface area (Å²) >= 11 is 0. The van der Waals surface area contributed by atoms with E-state index in [1.807, 2.05) is 0 Å². The Kier molecular flexibility index (Phi) is 4.92. The fraction of sp³-hybridized carbons (Fsp3) is 0.857. The van der Waals surface area contributed by atoms with Gasteiger partial charge in [-0.3, -0.25) is 4.79 Å². The van der Waals surface area contributed by atoms with Gasteiger partial charge >= 0.3 is 12.1 Å². The lowest BCUT2D eigenvalue weighted by Crippen LogP contribution is -2.46. The van der Waals surface area contributed by atoms with E-state index in [1.165, 1.54) is 18.6 Å². The molecule has 0 saturated heterocycles. The minimum Gasteiger partial charge on any atom is -0.481 e. The normalized spacial score (nSPS) is 13.7. The van der Waals surface area contributed by atoms with Crippen LogP contribution in [0.1, 0.15) is 13.8 Å². The molecular formula is C7H13F3N2O4S. The van der Waals surface area contributed by atoms with Crippen LogP contribution in [0.15, 0.2) is 0 Å². The first-order chi connectivity index (χ1) is 7.36. The zero-order chi connectivity index (χ0) is 13.9. The summed E-state index contributed by atoms with van der Waals surface area (Å²) in [6, 6.07) is 0. The molecule has 0 rings (SSSR count). The Morgan fingerprint density at radius 2 is 1.59 bits per heavy atom. The largest absolute Gasteiger partial charge is 0.481 e. The van der Waals surface area contributed by atoms with Gasteiger partial charge in [-0.05, 0) is 13.8 Å². The van der Waals surface area contributed by atoms with Crippen molar-refractivity contribution in [3.05, 3.63) is 0 Å². The van der Waals surface area contributed by atoms with Gasteiger partial charge in [-0.25, -0.2) is 4.72 Å². The number of carboxylic acid groups (broad SMARTS) is 1. The number of nitrogens with one attached hydrogen (secondary N) is 2. The van der Waals surface area contributed by atoms with Crippen molar-refractivity contribution in [1.29, 1.82) is 0 Å². The predicted octanol–water partition coefficient (Wildman–Crippen LogP) is 0.0835. The van der Waals surface area contributed by atoms with Gasteiger partial charge in [0.2, 0.25) is 0 Å². The molecule has 0 saturated carbocycles. The maximum atomic E-state index is 11.7. The van der Waals surface area contributed by atoms with E-state index in [0.717, 1.165) is 0 Å². The average molecular weight is 278 g/mol. The maximum Gasteiger partial charge on any atom is 0.402 e. The summed E-state index contributed by atoms with van der Waals surface area (Å²) in [5.74, 6) is -1.27. The maximum absolute atomic E-state index is 11.7. The number of hydrogen-bond donors (Lipinski definition) is 3. The van der Waals surface area contributed by atoms with Crippen molar-refractivity contribution in [1.82, 2.24) is 9.44 Å². The Morgan fingerprint density at radius 3 is 1.94 bits per heavy atom. The minimum absolute atomic E-state index is 0.518. The molecule has 0 spiro atoms. The second-order valence-electron chi connectivity index (χ2n) is 3.95. The number of rotatable bonds is 6. The lowest BCUT2D eigenvalue weighted by atomic mass is 9.95. The van der Waals surface area contributed by atoms with E-state index in [-0.39, 0.29) is 0 Å². The van der Waals surface area contributed by atoms with Gasteiger partial charge in [0.1, 0.15) is 6.54 Å². The van der Waals surface area contributed by atoms with E-state index in [0.29, 0.717) is 0 Å². The highest BCUT2D eigenvalue weighted by molar-refractivity contribution is 7.87. The molecule has 0 unspecified atom stereocenters. The number of aliphatic carboxylic acids is 1. The van der Waals surface area contributed by atoms with E-state index < -0.39 is 40.9 Å². The molecule has 102 valence electrons. The van der Waals surface area contributed by atoms with E-state index in [1.54, 1.807) is 4.72 Å². The van der Waals surface area contributed by atoms with Gasteiger partial charge in [-0.2, -0.15) is 26.3 Å². The van der Waals surface area contributed by atoms with Crippen LogP contribution in [0, 0.1) is 5.41 Å². The highest BCUT2D eigenvalue weighted by Crippen LogP contribution is 2.14. The predicted molar refractivity (Wildman–Crippen MR) is 52.4 cm³/mol. The van der Waals surface area contributed by atoms with Crippen LogP contribution in [0.3, 0.4) is 0 Å². The zero-order valence-corrected chi connectivity index (χ0v) is 9.94.